The maximum atomic E-state index is 13.5. The predicted molar refractivity (Wildman–Crippen MR) is 118 cm³/mol. The quantitative estimate of drug-likeness (QED) is 0.418. The highest BCUT2D eigenvalue weighted by atomic mass is 35.5. The Balaban J connectivity index is 1.41. The minimum atomic E-state index is -2.40. The van der Waals surface area contributed by atoms with E-state index in [0.717, 1.165) is 25.9 Å². The molecule has 10 heteroatoms. The third kappa shape index (κ3) is 5.05. The van der Waals surface area contributed by atoms with E-state index in [1.165, 1.54) is 0 Å². The topological polar surface area (TPSA) is 106 Å². The monoisotopic (exact) mass is 472 g/mol. The molecular formula is C22H35ClF2N6O. The van der Waals surface area contributed by atoms with Crippen molar-refractivity contribution in [2.75, 3.05) is 32.7 Å². The van der Waals surface area contributed by atoms with Crippen molar-refractivity contribution in [1.82, 2.24) is 20.9 Å². The fraction of sp³-hybridized carbons (Fsp3) is 0.909. The average molecular weight is 473 g/mol. The maximum Gasteiger partial charge on any atom is 0.242 e. The molecule has 2 aliphatic carbocycles. The first-order valence-corrected chi connectivity index (χ1v) is 12.4. The zero-order chi connectivity index (χ0) is 22.9. The zero-order valence-corrected chi connectivity index (χ0v) is 19.2. The van der Waals surface area contributed by atoms with Gasteiger partial charge in [-0.15, -0.1) is 11.6 Å². The molecule has 0 bridgehead atoms. The van der Waals surface area contributed by atoms with E-state index in [2.05, 4.69) is 26.9 Å². The van der Waals surface area contributed by atoms with Gasteiger partial charge in [-0.05, 0) is 56.9 Å². The Morgan fingerprint density at radius 2 is 2.12 bits per heavy atom. The van der Waals surface area contributed by atoms with Gasteiger partial charge in [0.15, 0.2) is 0 Å². The van der Waals surface area contributed by atoms with E-state index >= 15 is 0 Å². The lowest BCUT2D eigenvalue weighted by Crippen LogP contribution is -2.67. The number of carbonyl (C=O) groups excluding carboxylic acids is 1. The fourth-order valence-corrected chi connectivity index (χ4v) is 5.98. The van der Waals surface area contributed by atoms with Crippen LogP contribution < -0.4 is 21.7 Å². The molecule has 32 heavy (non-hydrogen) atoms. The number of nitrogens with one attached hydrogen (secondary N) is 3. The van der Waals surface area contributed by atoms with Gasteiger partial charge in [0, 0.05) is 43.4 Å². The number of carbonyl (C=O) groups is 1. The maximum absolute atomic E-state index is 13.5. The summed E-state index contributed by atoms with van der Waals surface area (Å²) in [6, 6.07) is 2.15. The number of rotatable bonds is 7. The Morgan fingerprint density at radius 1 is 1.34 bits per heavy atom. The van der Waals surface area contributed by atoms with Crippen molar-refractivity contribution in [1.29, 1.82) is 5.26 Å². The number of nitrogens with two attached hydrogens (primary N) is 1. The molecule has 2 saturated heterocycles. The summed E-state index contributed by atoms with van der Waals surface area (Å²) in [7, 11) is 0. The van der Waals surface area contributed by atoms with Gasteiger partial charge in [-0.3, -0.25) is 15.0 Å². The number of likely N-dealkylation sites (tertiary alicyclic amines) is 1. The molecule has 2 saturated carbocycles. The van der Waals surface area contributed by atoms with Crippen LogP contribution in [0.25, 0.3) is 0 Å². The van der Waals surface area contributed by atoms with Crippen LogP contribution in [0, 0.1) is 40.4 Å². The Morgan fingerprint density at radius 3 is 2.75 bits per heavy atom. The van der Waals surface area contributed by atoms with Gasteiger partial charge < -0.3 is 16.4 Å². The molecule has 5 N–H and O–H groups in total. The molecule has 0 aromatic carbocycles. The van der Waals surface area contributed by atoms with Crippen LogP contribution in [0.5, 0.6) is 0 Å². The summed E-state index contributed by atoms with van der Waals surface area (Å²) in [6.45, 7) is 3.60. The third-order valence-electron chi connectivity index (χ3n) is 8.01. The molecule has 1 amide bonds. The predicted octanol–water partition coefficient (Wildman–Crippen LogP) is 1.44. The molecule has 4 fully saturated rings. The molecular weight excluding hydrogens is 438 g/mol. The molecule has 2 heterocycles. The first-order chi connectivity index (χ1) is 15.4. The molecule has 7 nitrogen and oxygen atoms in total. The second-order valence-electron chi connectivity index (χ2n) is 10.1. The van der Waals surface area contributed by atoms with Gasteiger partial charge in [0.2, 0.25) is 12.3 Å². The number of hydrogen-bond acceptors (Lipinski definition) is 6. The van der Waals surface area contributed by atoms with E-state index in [4.69, 9.17) is 17.3 Å². The molecule has 0 radical (unpaired) electrons. The molecule has 180 valence electrons. The Bertz CT molecular complexity index is 717. The number of nitriles is 1. The van der Waals surface area contributed by atoms with Crippen LogP contribution in [0.2, 0.25) is 0 Å². The van der Waals surface area contributed by atoms with Gasteiger partial charge in [-0.25, -0.2) is 8.78 Å². The van der Waals surface area contributed by atoms with Gasteiger partial charge in [0.1, 0.15) is 5.41 Å². The minimum Gasteiger partial charge on any atom is -0.354 e. The van der Waals surface area contributed by atoms with E-state index in [-0.39, 0.29) is 30.1 Å². The van der Waals surface area contributed by atoms with Crippen molar-refractivity contribution in [3.05, 3.63) is 0 Å². The standard InChI is InChI=1S/C22H35ClF2N6O/c23-17-2-1-14(7-16(17)18(24)25)19-28-9-15(10-29-21(32)22(12-27)4-5-22)20(30-19)31-6-3-13(8-26)11-31/h13-20,28,30H,1-11,26H2,(H,29,32). The Labute approximate surface area is 193 Å². The summed E-state index contributed by atoms with van der Waals surface area (Å²) in [5.41, 5.74) is 5.06. The van der Waals surface area contributed by atoms with Crippen molar-refractivity contribution in [2.45, 2.75) is 62.7 Å². The van der Waals surface area contributed by atoms with E-state index < -0.39 is 23.1 Å². The van der Waals surface area contributed by atoms with E-state index in [1.807, 2.05) is 0 Å². The smallest absolute Gasteiger partial charge is 0.242 e. The van der Waals surface area contributed by atoms with Crippen LogP contribution in [-0.2, 0) is 4.79 Å². The molecule has 4 aliphatic rings. The van der Waals surface area contributed by atoms with Crippen molar-refractivity contribution in [3.8, 4) is 6.07 Å². The summed E-state index contributed by atoms with van der Waals surface area (Å²) in [5, 5.41) is 19.0. The molecule has 4 rings (SSSR count). The van der Waals surface area contributed by atoms with E-state index in [0.29, 0.717) is 51.2 Å². The number of amides is 1. The first-order valence-electron chi connectivity index (χ1n) is 11.9. The summed E-state index contributed by atoms with van der Waals surface area (Å²) in [5.74, 6) is -0.311. The highest BCUT2D eigenvalue weighted by Gasteiger charge is 2.51. The van der Waals surface area contributed by atoms with Crippen molar-refractivity contribution in [3.63, 3.8) is 0 Å². The van der Waals surface area contributed by atoms with Crippen LogP contribution in [-0.4, -0.2) is 67.7 Å². The van der Waals surface area contributed by atoms with Crippen LogP contribution in [0.3, 0.4) is 0 Å². The number of hydrogen-bond donors (Lipinski definition) is 4. The van der Waals surface area contributed by atoms with Crippen LogP contribution in [0.15, 0.2) is 0 Å². The van der Waals surface area contributed by atoms with Crippen LogP contribution in [0.1, 0.15) is 38.5 Å². The molecule has 7 unspecified atom stereocenters. The van der Waals surface area contributed by atoms with Gasteiger partial charge in [-0.2, -0.15) is 5.26 Å². The van der Waals surface area contributed by atoms with E-state index in [9.17, 15) is 18.8 Å². The van der Waals surface area contributed by atoms with Gasteiger partial charge in [-0.1, -0.05) is 0 Å². The second kappa shape index (κ2) is 10.1. The highest BCUT2D eigenvalue weighted by molar-refractivity contribution is 6.20. The lowest BCUT2D eigenvalue weighted by Gasteiger charge is -2.47. The molecule has 7 atom stereocenters. The van der Waals surface area contributed by atoms with Crippen molar-refractivity contribution >= 4 is 17.5 Å². The highest BCUT2D eigenvalue weighted by Crippen LogP contribution is 2.45. The SMILES string of the molecule is N#CC1(C(=O)NCC2CNC(C3CCC(Cl)C(C(F)F)C3)NC2N2CCC(CN)C2)CC1. The normalized spacial score (nSPS) is 39.6. The van der Waals surface area contributed by atoms with Crippen LogP contribution >= 0.6 is 11.6 Å². The minimum absolute atomic E-state index is 0.0223. The third-order valence-corrected chi connectivity index (χ3v) is 8.55. The summed E-state index contributed by atoms with van der Waals surface area (Å²) in [4.78, 5) is 14.9. The van der Waals surface area contributed by atoms with Crippen molar-refractivity contribution in [2.24, 2.45) is 34.8 Å². The molecule has 0 spiro atoms. The molecule has 0 aromatic rings. The van der Waals surface area contributed by atoms with Crippen molar-refractivity contribution < 1.29 is 13.6 Å². The van der Waals surface area contributed by atoms with E-state index in [1.54, 1.807) is 0 Å². The largest absolute Gasteiger partial charge is 0.354 e. The number of alkyl halides is 3. The first kappa shape index (κ1) is 24.1. The number of nitrogens with zero attached hydrogens (tertiary/aromatic N) is 2. The summed E-state index contributed by atoms with van der Waals surface area (Å²) >= 11 is 6.19. The van der Waals surface area contributed by atoms with Gasteiger partial charge >= 0.3 is 0 Å². The average Bonchev–Trinajstić information content (AvgIpc) is 3.46. The Kier molecular flexibility index (Phi) is 7.57. The lowest BCUT2D eigenvalue weighted by molar-refractivity contribution is -0.124. The van der Waals surface area contributed by atoms with Crippen LogP contribution in [0.4, 0.5) is 8.78 Å². The van der Waals surface area contributed by atoms with Gasteiger partial charge in [0.25, 0.3) is 0 Å². The Hall–Kier alpha value is -1.05. The summed E-state index contributed by atoms with van der Waals surface area (Å²) < 4.78 is 27.0. The zero-order valence-electron chi connectivity index (χ0n) is 18.4. The summed E-state index contributed by atoms with van der Waals surface area (Å²) in [6.07, 6.45) is 1.65. The molecule has 2 aliphatic heterocycles. The fourth-order valence-electron chi connectivity index (χ4n) is 5.64. The second-order valence-corrected chi connectivity index (χ2v) is 10.7. The molecule has 0 aromatic heterocycles. The lowest BCUT2D eigenvalue weighted by atomic mass is 9.78. The number of halogens is 3. The van der Waals surface area contributed by atoms with Gasteiger partial charge in [0.05, 0.1) is 18.4 Å².